The zero-order valence-electron chi connectivity index (χ0n) is 18.3. The van der Waals surface area contributed by atoms with Gasteiger partial charge in [0.25, 0.3) is 5.91 Å². The molecule has 0 spiro atoms. The Hall–Kier alpha value is -3.79. The van der Waals surface area contributed by atoms with Gasteiger partial charge in [-0.1, -0.05) is 11.3 Å². The second-order valence-corrected chi connectivity index (χ2v) is 7.90. The minimum absolute atomic E-state index is 0.235. The number of nitrogens with one attached hydrogen (secondary N) is 1. The smallest absolute Gasteiger partial charge is 0.257 e. The van der Waals surface area contributed by atoms with E-state index in [-0.39, 0.29) is 5.91 Å². The molecule has 164 valence electrons. The van der Waals surface area contributed by atoms with Gasteiger partial charge in [-0.15, -0.1) is 5.10 Å². The van der Waals surface area contributed by atoms with E-state index in [2.05, 4.69) is 25.0 Å². The van der Waals surface area contributed by atoms with E-state index in [1.165, 1.54) is 0 Å². The quantitative estimate of drug-likeness (QED) is 0.474. The fourth-order valence-corrected chi connectivity index (χ4v) is 3.73. The molecule has 4 rings (SSSR count). The average molecular weight is 451 g/mol. The van der Waals surface area contributed by atoms with Crippen molar-refractivity contribution in [3.63, 3.8) is 0 Å². The summed E-state index contributed by atoms with van der Waals surface area (Å²) in [5.74, 6) is 1.38. The van der Waals surface area contributed by atoms with Crippen LogP contribution in [-0.4, -0.2) is 44.5 Å². The van der Waals surface area contributed by atoms with Gasteiger partial charge in [0.05, 0.1) is 25.6 Å². The minimum Gasteiger partial charge on any atom is -0.493 e. The van der Waals surface area contributed by atoms with Gasteiger partial charge in [0.15, 0.2) is 23.0 Å². The van der Waals surface area contributed by atoms with E-state index in [9.17, 15) is 4.79 Å². The average Bonchev–Trinajstić information content (AvgIpc) is 3.41. The Kier molecular flexibility index (Phi) is 5.87. The topological polar surface area (TPSA) is 104 Å². The van der Waals surface area contributed by atoms with Crippen LogP contribution in [-0.2, 0) is 0 Å². The van der Waals surface area contributed by atoms with E-state index < -0.39 is 0 Å². The van der Waals surface area contributed by atoms with E-state index in [1.54, 1.807) is 31.0 Å². The SMILES string of the molecule is COc1ccc(-n2nnc(-c3nsc(NC(=O)c4ccc(C)c(C)c4)n3)c2C)cc1OC. The summed E-state index contributed by atoms with van der Waals surface area (Å²) in [5, 5.41) is 11.7. The third-order valence-corrected chi connectivity index (χ3v) is 5.76. The van der Waals surface area contributed by atoms with Crippen molar-refractivity contribution >= 4 is 22.6 Å². The molecule has 0 unspecified atom stereocenters. The largest absolute Gasteiger partial charge is 0.493 e. The number of hydrogen-bond acceptors (Lipinski definition) is 8. The maximum atomic E-state index is 12.6. The maximum Gasteiger partial charge on any atom is 0.257 e. The molecule has 4 aromatic rings. The fraction of sp³-hybridized carbons (Fsp3) is 0.227. The Morgan fingerprint density at radius 2 is 1.78 bits per heavy atom. The Morgan fingerprint density at radius 1 is 1.00 bits per heavy atom. The molecular weight excluding hydrogens is 428 g/mol. The molecule has 1 amide bonds. The lowest BCUT2D eigenvalue weighted by molar-refractivity contribution is 0.102. The highest BCUT2D eigenvalue weighted by Gasteiger charge is 2.19. The highest BCUT2D eigenvalue weighted by molar-refractivity contribution is 7.10. The first kappa shape index (κ1) is 21.4. The Bertz CT molecular complexity index is 1300. The summed E-state index contributed by atoms with van der Waals surface area (Å²) in [7, 11) is 3.16. The molecule has 32 heavy (non-hydrogen) atoms. The van der Waals surface area contributed by atoms with Crippen LogP contribution in [0.5, 0.6) is 11.5 Å². The van der Waals surface area contributed by atoms with Crippen LogP contribution in [0.3, 0.4) is 0 Å². The van der Waals surface area contributed by atoms with Crippen molar-refractivity contribution in [3.05, 3.63) is 58.8 Å². The van der Waals surface area contributed by atoms with Gasteiger partial charge < -0.3 is 9.47 Å². The first-order chi connectivity index (χ1) is 15.4. The molecule has 10 heteroatoms. The number of aromatic nitrogens is 5. The van der Waals surface area contributed by atoms with E-state index in [0.29, 0.717) is 33.7 Å². The molecule has 1 N–H and O–H groups in total. The lowest BCUT2D eigenvalue weighted by Gasteiger charge is -2.10. The van der Waals surface area contributed by atoms with Gasteiger partial charge in [-0.3, -0.25) is 10.1 Å². The standard InChI is InChI=1S/C22H22N6O3S/c1-12-6-7-15(10-13(12)2)21(29)24-22-23-20(26-32-22)19-14(3)28(27-25-19)16-8-9-17(30-4)18(11-16)31-5/h6-11H,1-5H3,(H,23,24,26,29). The number of hydrogen-bond donors (Lipinski definition) is 1. The van der Waals surface area contributed by atoms with Gasteiger partial charge >= 0.3 is 0 Å². The van der Waals surface area contributed by atoms with Crippen LogP contribution in [0.15, 0.2) is 36.4 Å². The number of ether oxygens (including phenoxy) is 2. The van der Waals surface area contributed by atoms with Gasteiger partial charge in [0.2, 0.25) is 5.13 Å². The predicted molar refractivity (Wildman–Crippen MR) is 122 cm³/mol. The highest BCUT2D eigenvalue weighted by atomic mass is 32.1. The fourth-order valence-electron chi connectivity index (χ4n) is 3.16. The van der Waals surface area contributed by atoms with Crippen molar-refractivity contribution < 1.29 is 14.3 Å². The molecule has 0 bridgehead atoms. The number of amides is 1. The summed E-state index contributed by atoms with van der Waals surface area (Å²) in [4.78, 5) is 17.0. The van der Waals surface area contributed by atoms with Crippen LogP contribution in [0.4, 0.5) is 5.13 Å². The summed E-state index contributed by atoms with van der Waals surface area (Å²) < 4.78 is 16.7. The molecule has 0 saturated carbocycles. The minimum atomic E-state index is -0.235. The summed E-state index contributed by atoms with van der Waals surface area (Å²) >= 11 is 1.09. The van der Waals surface area contributed by atoms with Crippen molar-refractivity contribution in [2.24, 2.45) is 0 Å². The van der Waals surface area contributed by atoms with Crippen molar-refractivity contribution in [1.82, 2.24) is 24.4 Å². The van der Waals surface area contributed by atoms with E-state index in [4.69, 9.17) is 9.47 Å². The van der Waals surface area contributed by atoms with Gasteiger partial charge in [0, 0.05) is 23.2 Å². The number of anilines is 1. The zero-order chi connectivity index (χ0) is 22.8. The second kappa shape index (κ2) is 8.75. The molecule has 0 saturated heterocycles. The second-order valence-electron chi connectivity index (χ2n) is 7.15. The van der Waals surface area contributed by atoms with Crippen LogP contribution in [0, 0.1) is 20.8 Å². The van der Waals surface area contributed by atoms with E-state index in [0.717, 1.165) is 34.0 Å². The molecule has 2 aromatic heterocycles. The molecule has 2 aromatic carbocycles. The number of benzene rings is 2. The number of rotatable bonds is 6. The van der Waals surface area contributed by atoms with Crippen LogP contribution < -0.4 is 14.8 Å². The van der Waals surface area contributed by atoms with Crippen molar-refractivity contribution in [2.45, 2.75) is 20.8 Å². The first-order valence-electron chi connectivity index (χ1n) is 9.78. The van der Waals surface area contributed by atoms with Crippen LogP contribution in [0.2, 0.25) is 0 Å². The third-order valence-electron chi connectivity index (χ3n) is 5.13. The molecule has 0 atom stereocenters. The van der Waals surface area contributed by atoms with Gasteiger partial charge in [0.1, 0.15) is 0 Å². The normalized spacial score (nSPS) is 10.8. The molecule has 0 aliphatic carbocycles. The number of methoxy groups -OCH3 is 2. The first-order valence-corrected chi connectivity index (χ1v) is 10.6. The maximum absolute atomic E-state index is 12.6. The number of carbonyl (C=O) groups is 1. The van der Waals surface area contributed by atoms with Gasteiger partial charge in [-0.2, -0.15) is 9.36 Å². The Labute approximate surface area is 189 Å². The van der Waals surface area contributed by atoms with Gasteiger partial charge in [-0.25, -0.2) is 4.68 Å². The molecule has 2 heterocycles. The monoisotopic (exact) mass is 450 g/mol. The molecular formula is C22H22N6O3S. The molecule has 0 aliphatic heterocycles. The summed E-state index contributed by atoms with van der Waals surface area (Å²) in [6.45, 7) is 5.85. The third kappa shape index (κ3) is 4.04. The number of nitrogens with zero attached hydrogens (tertiary/aromatic N) is 5. The highest BCUT2D eigenvalue weighted by Crippen LogP contribution is 2.30. The van der Waals surface area contributed by atoms with Crippen LogP contribution >= 0.6 is 11.5 Å². The van der Waals surface area contributed by atoms with E-state index in [1.807, 2.05) is 45.0 Å². The number of aryl methyl sites for hydroxylation is 2. The van der Waals surface area contributed by atoms with Crippen LogP contribution in [0.25, 0.3) is 17.2 Å². The Balaban J connectivity index is 1.57. The summed E-state index contributed by atoms with van der Waals surface area (Å²) in [5.41, 5.74) is 4.80. The number of carbonyl (C=O) groups excluding carboxylic acids is 1. The molecule has 0 aliphatic rings. The molecule has 9 nitrogen and oxygen atoms in total. The van der Waals surface area contributed by atoms with E-state index >= 15 is 0 Å². The summed E-state index contributed by atoms with van der Waals surface area (Å²) in [6.07, 6.45) is 0. The molecule has 0 fully saturated rings. The summed E-state index contributed by atoms with van der Waals surface area (Å²) in [6, 6.07) is 11.0. The van der Waals surface area contributed by atoms with Crippen LogP contribution in [0.1, 0.15) is 27.2 Å². The lowest BCUT2D eigenvalue weighted by Crippen LogP contribution is -2.12. The molecule has 0 radical (unpaired) electrons. The Morgan fingerprint density at radius 3 is 2.50 bits per heavy atom. The lowest BCUT2D eigenvalue weighted by atomic mass is 10.1. The van der Waals surface area contributed by atoms with Crippen molar-refractivity contribution in [3.8, 4) is 28.7 Å². The predicted octanol–water partition coefficient (Wildman–Crippen LogP) is 3.98. The van der Waals surface area contributed by atoms with Crippen molar-refractivity contribution in [1.29, 1.82) is 0 Å². The zero-order valence-corrected chi connectivity index (χ0v) is 19.1. The van der Waals surface area contributed by atoms with Crippen molar-refractivity contribution in [2.75, 3.05) is 19.5 Å². The van der Waals surface area contributed by atoms with Gasteiger partial charge in [-0.05, 0) is 56.2 Å².